The van der Waals surface area contributed by atoms with Gasteiger partial charge < -0.3 is 0 Å². The molecule has 0 atom stereocenters. The Balaban J connectivity index is 1.84. The number of carbonyl (C=O) groups is 1. The van der Waals surface area contributed by atoms with Crippen molar-refractivity contribution in [3.63, 3.8) is 0 Å². The van der Waals surface area contributed by atoms with Crippen molar-refractivity contribution in [1.29, 1.82) is 0 Å². The highest BCUT2D eigenvalue weighted by Crippen LogP contribution is 2.32. The monoisotopic (exact) mass is 451 g/mol. The van der Waals surface area contributed by atoms with E-state index < -0.39 is 10.8 Å². The maximum Gasteiger partial charge on any atom is 0.288 e. The number of carbonyl (C=O) groups excluding carboxylic acids is 1. The molecule has 1 aromatic heterocycles. The van der Waals surface area contributed by atoms with Gasteiger partial charge in [0.1, 0.15) is 5.02 Å². The molecule has 0 bridgehead atoms. The number of thiazole rings is 1. The van der Waals surface area contributed by atoms with Crippen LogP contribution in [0.15, 0.2) is 46.9 Å². The molecule has 132 valence electrons. The number of rotatable bonds is 4. The molecule has 0 spiro atoms. The van der Waals surface area contributed by atoms with Crippen LogP contribution in [0.3, 0.4) is 0 Å². The Morgan fingerprint density at radius 3 is 2.62 bits per heavy atom. The molecule has 1 N–H and O–H groups in total. The lowest BCUT2D eigenvalue weighted by atomic mass is 10.1. The predicted molar refractivity (Wildman–Crippen MR) is 106 cm³/mol. The van der Waals surface area contributed by atoms with Gasteiger partial charge in [-0.1, -0.05) is 39.7 Å². The molecule has 6 nitrogen and oxygen atoms in total. The van der Waals surface area contributed by atoms with Crippen molar-refractivity contribution in [3.8, 4) is 11.3 Å². The van der Waals surface area contributed by atoms with Crippen LogP contribution in [0.2, 0.25) is 5.02 Å². The topological polar surface area (TPSA) is 85.1 Å². The number of nitrogens with one attached hydrogen (secondary N) is 1. The number of aromatic nitrogens is 1. The molecule has 0 radical (unpaired) electrons. The first-order chi connectivity index (χ1) is 12.3. The Morgan fingerprint density at radius 2 is 1.96 bits per heavy atom. The Bertz CT molecular complexity index is 1000. The Hall–Kier alpha value is -2.29. The van der Waals surface area contributed by atoms with Crippen molar-refractivity contribution >= 4 is 55.6 Å². The summed E-state index contributed by atoms with van der Waals surface area (Å²) in [7, 11) is 0. The van der Waals surface area contributed by atoms with E-state index in [-0.39, 0.29) is 16.3 Å². The van der Waals surface area contributed by atoms with Crippen LogP contribution < -0.4 is 5.32 Å². The molecule has 26 heavy (non-hydrogen) atoms. The van der Waals surface area contributed by atoms with Crippen LogP contribution in [0, 0.1) is 17.0 Å². The lowest BCUT2D eigenvalue weighted by Gasteiger charge is -2.02. The Labute approximate surface area is 166 Å². The normalized spacial score (nSPS) is 10.6. The zero-order valence-corrected chi connectivity index (χ0v) is 16.5. The molecule has 3 aromatic rings. The number of nitro groups is 1. The molecular formula is C17H11BrClN3O3S. The molecule has 0 aliphatic heterocycles. The number of amides is 1. The smallest absolute Gasteiger partial charge is 0.288 e. The van der Waals surface area contributed by atoms with Crippen molar-refractivity contribution in [2.75, 3.05) is 5.32 Å². The SMILES string of the molecule is Cc1sc(NC(=O)c2ccc(Cl)c([N+](=O)[O-])c2)nc1-c1ccc(Br)cc1. The van der Waals surface area contributed by atoms with Gasteiger partial charge in [0.2, 0.25) is 0 Å². The minimum Gasteiger partial charge on any atom is -0.298 e. The number of benzene rings is 2. The molecule has 0 aliphatic carbocycles. The largest absolute Gasteiger partial charge is 0.298 e. The zero-order valence-electron chi connectivity index (χ0n) is 13.3. The van der Waals surface area contributed by atoms with Crippen LogP contribution in [0.5, 0.6) is 0 Å². The van der Waals surface area contributed by atoms with E-state index in [9.17, 15) is 14.9 Å². The Kier molecular flexibility index (Phi) is 5.36. The molecule has 0 unspecified atom stereocenters. The average Bonchev–Trinajstić information content (AvgIpc) is 2.96. The van der Waals surface area contributed by atoms with E-state index >= 15 is 0 Å². The molecule has 9 heteroatoms. The van der Waals surface area contributed by atoms with Gasteiger partial charge in [0.05, 0.1) is 10.6 Å². The zero-order chi connectivity index (χ0) is 18.8. The summed E-state index contributed by atoms with van der Waals surface area (Å²) in [5.74, 6) is -0.485. The average molecular weight is 453 g/mol. The van der Waals surface area contributed by atoms with E-state index in [1.165, 1.54) is 23.5 Å². The van der Waals surface area contributed by atoms with Crippen LogP contribution >= 0.6 is 38.9 Å². The summed E-state index contributed by atoms with van der Waals surface area (Å²) in [6.45, 7) is 1.91. The number of halogens is 2. The summed E-state index contributed by atoms with van der Waals surface area (Å²) in [4.78, 5) is 28.1. The van der Waals surface area contributed by atoms with Gasteiger partial charge in [-0.3, -0.25) is 20.2 Å². The quantitative estimate of drug-likeness (QED) is 0.407. The summed E-state index contributed by atoms with van der Waals surface area (Å²) in [6.07, 6.45) is 0. The van der Waals surface area contributed by atoms with Gasteiger partial charge in [-0.25, -0.2) is 4.98 Å². The van der Waals surface area contributed by atoms with Gasteiger partial charge in [0.15, 0.2) is 5.13 Å². The lowest BCUT2D eigenvalue weighted by molar-refractivity contribution is -0.384. The van der Waals surface area contributed by atoms with Gasteiger partial charge in [-0.05, 0) is 31.2 Å². The highest BCUT2D eigenvalue weighted by Gasteiger charge is 2.18. The van der Waals surface area contributed by atoms with Crippen molar-refractivity contribution < 1.29 is 9.72 Å². The van der Waals surface area contributed by atoms with Gasteiger partial charge in [-0.2, -0.15) is 0 Å². The molecule has 0 aliphatic rings. The van der Waals surface area contributed by atoms with Crippen LogP contribution in [-0.4, -0.2) is 15.8 Å². The maximum atomic E-state index is 12.4. The van der Waals surface area contributed by atoms with E-state index in [4.69, 9.17) is 11.6 Å². The Morgan fingerprint density at radius 1 is 1.27 bits per heavy atom. The number of anilines is 1. The minimum atomic E-state index is -0.627. The summed E-state index contributed by atoms with van der Waals surface area (Å²) in [6, 6.07) is 11.6. The number of nitro benzene ring substituents is 1. The fraction of sp³-hybridized carbons (Fsp3) is 0.0588. The number of nitrogens with zero attached hydrogens (tertiary/aromatic N) is 2. The second kappa shape index (κ2) is 7.53. The van der Waals surface area contributed by atoms with Crippen LogP contribution in [0.25, 0.3) is 11.3 Å². The molecular weight excluding hydrogens is 442 g/mol. The second-order valence-electron chi connectivity index (χ2n) is 5.31. The third-order valence-corrected chi connectivity index (χ3v) is 5.27. The highest BCUT2D eigenvalue weighted by atomic mass is 79.9. The summed E-state index contributed by atoms with van der Waals surface area (Å²) >= 11 is 10.5. The molecule has 0 saturated heterocycles. The van der Waals surface area contributed by atoms with Crippen LogP contribution in [0.4, 0.5) is 10.8 Å². The lowest BCUT2D eigenvalue weighted by Crippen LogP contribution is -2.12. The fourth-order valence-corrected chi connectivity index (χ4v) is 3.57. The minimum absolute atomic E-state index is 0.0193. The second-order valence-corrected chi connectivity index (χ2v) is 7.83. The molecule has 1 heterocycles. The van der Waals surface area contributed by atoms with E-state index in [1.807, 2.05) is 31.2 Å². The van der Waals surface area contributed by atoms with Crippen LogP contribution in [-0.2, 0) is 0 Å². The summed E-state index contributed by atoms with van der Waals surface area (Å²) in [5, 5.41) is 14.0. The third-order valence-electron chi connectivity index (χ3n) is 3.54. The van der Waals surface area contributed by atoms with Crippen LogP contribution in [0.1, 0.15) is 15.2 Å². The van der Waals surface area contributed by atoms with Crippen molar-refractivity contribution in [1.82, 2.24) is 4.98 Å². The number of hydrogen-bond donors (Lipinski definition) is 1. The van der Waals surface area contributed by atoms with Gasteiger partial charge >= 0.3 is 0 Å². The molecule has 0 saturated carbocycles. The predicted octanol–water partition coefficient (Wildman–Crippen LogP) is 5.69. The van der Waals surface area contributed by atoms with Gasteiger partial charge in [0, 0.05) is 26.5 Å². The highest BCUT2D eigenvalue weighted by molar-refractivity contribution is 9.10. The number of hydrogen-bond acceptors (Lipinski definition) is 5. The molecule has 1 amide bonds. The fourth-order valence-electron chi connectivity index (χ4n) is 2.29. The molecule has 2 aromatic carbocycles. The first kappa shape index (κ1) is 18.5. The van der Waals surface area contributed by atoms with Crippen molar-refractivity contribution in [3.05, 3.63) is 72.5 Å². The third kappa shape index (κ3) is 3.92. The first-order valence-corrected chi connectivity index (χ1v) is 9.32. The van der Waals surface area contributed by atoms with Crippen molar-refractivity contribution in [2.24, 2.45) is 0 Å². The number of aryl methyl sites for hydroxylation is 1. The van der Waals surface area contributed by atoms with E-state index in [0.717, 1.165) is 26.7 Å². The van der Waals surface area contributed by atoms with E-state index in [2.05, 4.69) is 26.2 Å². The summed E-state index contributed by atoms with van der Waals surface area (Å²) in [5.41, 5.74) is 1.54. The van der Waals surface area contributed by atoms with E-state index in [0.29, 0.717) is 5.13 Å². The standard InChI is InChI=1S/C17H11BrClN3O3S/c1-9-15(10-2-5-12(18)6-3-10)20-17(26-9)21-16(23)11-4-7-13(19)14(8-11)22(24)25/h2-8H,1H3,(H,20,21,23). The van der Waals surface area contributed by atoms with Gasteiger partial charge in [-0.15, -0.1) is 11.3 Å². The van der Waals surface area contributed by atoms with Gasteiger partial charge in [0.25, 0.3) is 11.6 Å². The first-order valence-electron chi connectivity index (χ1n) is 7.34. The maximum absolute atomic E-state index is 12.4. The molecule has 0 fully saturated rings. The molecule has 3 rings (SSSR count). The van der Waals surface area contributed by atoms with Crippen molar-refractivity contribution in [2.45, 2.75) is 6.92 Å². The summed E-state index contributed by atoms with van der Waals surface area (Å²) < 4.78 is 0.965. The van der Waals surface area contributed by atoms with E-state index in [1.54, 1.807) is 0 Å².